The fourth-order valence-corrected chi connectivity index (χ4v) is 1.39. The maximum Gasteiger partial charge on any atom is 0.269 e. The Morgan fingerprint density at radius 1 is 1.32 bits per heavy atom. The van der Waals surface area contributed by atoms with Crippen molar-refractivity contribution < 1.29 is 9.18 Å². The molecule has 6 nitrogen and oxygen atoms in total. The van der Waals surface area contributed by atoms with Crippen LogP contribution >= 0.6 is 11.6 Å². The van der Waals surface area contributed by atoms with Gasteiger partial charge in [0.1, 0.15) is 5.82 Å². The van der Waals surface area contributed by atoms with E-state index < -0.39 is 11.7 Å². The van der Waals surface area contributed by atoms with Crippen LogP contribution in [0.5, 0.6) is 0 Å². The summed E-state index contributed by atoms with van der Waals surface area (Å²) in [5.41, 5.74) is 11.0. The molecule has 0 aliphatic carbocycles. The van der Waals surface area contributed by atoms with E-state index in [9.17, 15) is 9.18 Å². The molecule has 4 N–H and O–H groups in total. The Balaban J connectivity index is 2.04. The third-order valence-electron chi connectivity index (χ3n) is 2.19. The number of nitrogens with two attached hydrogens (primary N) is 1. The molecule has 1 amide bonds. The van der Waals surface area contributed by atoms with Crippen molar-refractivity contribution in [2.45, 2.75) is 0 Å². The van der Waals surface area contributed by atoms with Crippen molar-refractivity contribution in [2.24, 2.45) is 0 Å². The van der Waals surface area contributed by atoms with E-state index in [0.717, 1.165) is 0 Å². The van der Waals surface area contributed by atoms with Crippen LogP contribution in [0.15, 0.2) is 30.5 Å². The third kappa shape index (κ3) is 3.29. The number of aromatic nitrogens is 2. The van der Waals surface area contributed by atoms with Crippen LogP contribution in [0, 0.1) is 5.82 Å². The number of benzene rings is 1. The predicted molar refractivity (Wildman–Crippen MR) is 68.9 cm³/mol. The largest absolute Gasteiger partial charge is 0.394 e. The molecule has 0 bridgehead atoms. The molecule has 1 heterocycles. The van der Waals surface area contributed by atoms with Gasteiger partial charge < -0.3 is 5.73 Å². The molecule has 0 saturated carbocycles. The van der Waals surface area contributed by atoms with Crippen LogP contribution < -0.4 is 16.6 Å². The number of carbonyl (C=O) groups is 1. The third-order valence-corrected chi connectivity index (χ3v) is 2.37. The lowest BCUT2D eigenvalue weighted by molar-refractivity contribution is 0.0962. The molecular formula is C11H9ClFN5O. The molecule has 1 aromatic heterocycles. The van der Waals surface area contributed by atoms with Gasteiger partial charge in [-0.15, -0.1) is 0 Å². The highest BCUT2D eigenvalue weighted by molar-refractivity contribution is 6.28. The molecule has 0 aliphatic heterocycles. The van der Waals surface area contributed by atoms with Crippen molar-refractivity contribution in [3.63, 3.8) is 0 Å². The average Bonchev–Trinajstić information content (AvgIpc) is 2.40. The molecule has 0 atom stereocenters. The van der Waals surface area contributed by atoms with Gasteiger partial charge in [-0.2, -0.15) is 4.98 Å². The second-order valence-electron chi connectivity index (χ2n) is 3.53. The standard InChI is InChI=1S/C11H9ClFN5O/c12-11-15-5-8(14)9(16-11)17-18-10(19)6-1-3-7(13)4-2-6/h1-5H,14H2,(H,18,19)(H,15,16,17). The fourth-order valence-electron chi connectivity index (χ4n) is 1.26. The van der Waals surface area contributed by atoms with Crippen LogP contribution in [-0.4, -0.2) is 15.9 Å². The molecule has 0 saturated heterocycles. The van der Waals surface area contributed by atoms with E-state index in [2.05, 4.69) is 20.8 Å². The molecule has 8 heteroatoms. The molecule has 0 aliphatic rings. The van der Waals surface area contributed by atoms with Crippen molar-refractivity contribution in [1.29, 1.82) is 0 Å². The van der Waals surface area contributed by atoms with Crippen LogP contribution in [0.4, 0.5) is 15.9 Å². The molecule has 2 rings (SSSR count). The van der Waals surface area contributed by atoms with E-state index in [1.807, 2.05) is 0 Å². The van der Waals surface area contributed by atoms with Crippen LogP contribution in [0.3, 0.4) is 0 Å². The second kappa shape index (κ2) is 5.49. The highest BCUT2D eigenvalue weighted by atomic mass is 35.5. The Labute approximate surface area is 112 Å². The maximum atomic E-state index is 12.7. The lowest BCUT2D eigenvalue weighted by atomic mass is 10.2. The van der Waals surface area contributed by atoms with Crippen LogP contribution in [0.25, 0.3) is 0 Å². The summed E-state index contributed by atoms with van der Waals surface area (Å²) in [4.78, 5) is 19.2. The Morgan fingerprint density at radius 2 is 2.00 bits per heavy atom. The smallest absolute Gasteiger partial charge is 0.269 e. The van der Waals surface area contributed by atoms with Crippen LogP contribution in [-0.2, 0) is 0 Å². The molecule has 0 fully saturated rings. The predicted octanol–water partition coefficient (Wildman–Crippen LogP) is 1.61. The highest BCUT2D eigenvalue weighted by Gasteiger charge is 2.07. The lowest BCUT2D eigenvalue weighted by Gasteiger charge is -2.09. The number of hydrazine groups is 1. The first kappa shape index (κ1) is 13.0. The molecule has 0 unspecified atom stereocenters. The van der Waals surface area contributed by atoms with Crippen molar-refractivity contribution >= 4 is 29.0 Å². The zero-order chi connectivity index (χ0) is 13.8. The van der Waals surface area contributed by atoms with Crippen molar-refractivity contribution in [3.8, 4) is 0 Å². The van der Waals surface area contributed by atoms with Crippen molar-refractivity contribution in [3.05, 3.63) is 47.1 Å². The van der Waals surface area contributed by atoms with E-state index in [1.54, 1.807) is 0 Å². The zero-order valence-electron chi connectivity index (χ0n) is 9.52. The monoisotopic (exact) mass is 281 g/mol. The summed E-state index contributed by atoms with van der Waals surface area (Å²) in [5.74, 6) is -0.707. The molecule has 0 radical (unpaired) electrons. The fraction of sp³-hybridized carbons (Fsp3) is 0. The summed E-state index contributed by atoms with van der Waals surface area (Å²) in [6.45, 7) is 0. The SMILES string of the molecule is Nc1cnc(Cl)nc1NNC(=O)c1ccc(F)cc1. The van der Waals surface area contributed by atoms with Gasteiger partial charge in [-0.1, -0.05) is 0 Å². The number of hydrogen-bond acceptors (Lipinski definition) is 5. The van der Waals surface area contributed by atoms with Gasteiger partial charge in [0.15, 0.2) is 5.82 Å². The number of hydrogen-bond donors (Lipinski definition) is 3. The first-order chi connectivity index (χ1) is 9.06. The Morgan fingerprint density at radius 3 is 2.68 bits per heavy atom. The van der Waals surface area contributed by atoms with Crippen molar-refractivity contribution in [1.82, 2.24) is 15.4 Å². The van der Waals surface area contributed by atoms with Gasteiger partial charge in [0.05, 0.1) is 11.9 Å². The topological polar surface area (TPSA) is 92.9 Å². The Bertz CT molecular complexity index is 605. The minimum atomic E-state index is -0.464. The number of amides is 1. The number of nitrogen functional groups attached to an aromatic ring is 1. The first-order valence-electron chi connectivity index (χ1n) is 5.16. The summed E-state index contributed by atoms with van der Waals surface area (Å²) < 4.78 is 12.7. The quantitative estimate of drug-likeness (QED) is 0.587. The highest BCUT2D eigenvalue weighted by Crippen LogP contribution is 2.14. The van der Waals surface area contributed by atoms with Gasteiger partial charge >= 0.3 is 0 Å². The van der Waals surface area contributed by atoms with Crippen LogP contribution in [0.1, 0.15) is 10.4 Å². The zero-order valence-corrected chi connectivity index (χ0v) is 10.3. The molecule has 0 spiro atoms. The average molecular weight is 282 g/mol. The van der Waals surface area contributed by atoms with E-state index in [4.69, 9.17) is 17.3 Å². The second-order valence-corrected chi connectivity index (χ2v) is 3.87. The lowest BCUT2D eigenvalue weighted by Crippen LogP contribution is -2.30. The van der Waals surface area contributed by atoms with Gasteiger partial charge in [0.25, 0.3) is 5.91 Å². The van der Waals surface area contributed by atoms with Crippen LogP contribution in [0.2, 0.25) is 5.28 Å². The summed E-state index contributed by atoms with van der Waals surface area (Å²) in [6.07, 6.45) is 1.31. The molecule has 2 aromatic rings. The normalized spacial score (nSPS) is 10.0. The summed E-state index contributed by atoms with van der Waals surface area (Å²) in [6, 6.07) is 5.07. The van der Waals surface area contributed by atoms with Gasteiger partial charge in [-0.25, -0.2) is 9.37 Å². The Hall–Kier alpha value is -2.41. The summed E-state index contributed by atoms with van der Waals surface area (Å²) in [5, 5.41) is -0.00673. The maximum absolute atomic E-state index is 12.7. The van der Waals surface area contributed by atoms with Gasteiger partial charge in [0.2, 0.25) is 5.28 Å². The molecule has 19 heavy (non-hydrogen) atoms. The number of anilines is 2. The molecule has 98 valence electrons. The minimum absolute atomic E-state index is 0.00673. The number of rotatable bonds is 3. The molecule has 1 aromatic carbocycles. The summed E-state index contributed by atoms with van der Waals surface area (Å²) >= 11 is 5.59. The van der Waals surface area contributed by atoms with E-state index in [-0.39, 0.29) is 22.4 Å². The van der Waals surface area contributed by atoms with Gasteiger partial charge in [0, 0.05) is 5.56 Å². The number of carbonyl (C=O) groups excluding carboxylic acids is 1. The number of halogens is 2. The van der Waals surface area contributed by atoms with E-state index >= 15 is 0 Å². The van der Waals surface area contributed by atoms with Crippen molar-refractivity contribution in [2.75, 3.05) is 11.2 Å². The molecular weight excluding hydrogens is 273 g/mol. The number of nitrogens with one attached hydrogen (secondary N) is 2. The summed E-state index contributed by atoms with van der Waals surface area (Å²) in [7, 11) is 0. The van der Waals surface area contributed by atoms with Gasteiger partial charge in [-0.05, 0) is 35.9 Å². The Kier molecular flexibility index (Phi) is 3.76. The number of nitrogens with zero attached hydrogens (tertiary/aromatic N) is 2. The van der Waals surface area contributed by atoms with E-state index in [1.165, 1.54) is 30.5 Å². The van der Waals surface area contributed by atoms with E-state index in [0.29, 0.717) is 0 Å². The first-order valence-corrected chi connectivity index (χ1v) is 5.54. The minimum Gasteiger partial charge on any atom is -0.394 e. The van der Waals surface area contributed by atoms with Gasteiger partial charge in [-0.3, -0.25) is 15.6 Å².